The van der Waals surface area contributed by atoms with Crippen LogP contribution in [-0.4, -0.2) is 46.4 Å². The Labute approximate surface area is 178 Å². The van der Waals surface area contributed by atoms with Crippen LogP contribution in [0.5, 0.6) is 11.5 Å². The summed E-state index contributed by atoms with van der Waals surface area (Å²) in [6.45, 7) is 6.46. The number of nitrogens with zero attached hydrogens (tertiary/aromatic N) is 1. The van der Waals surface area contributed by atoms with Crippen LogP contribution >= 0.6 is 0 Å². The fourth-order valence-electron chi connectivity index (χ4n) is 3.11. The number of hydrogen-bond donors (Lipinski definition) is 1. The van der Waals surface area contributed by atoms with Crippen molar-refractivity contribution >= 4 is 21.6 Å². The van der Waals surface area contributed by atoms with E-state index in [1.54, 1.807) is 18.2 Å². The van der Waals surface area contributed by atoms with E-state index < -0.39 is 15.9 Å². The molecule has 1 aliphatic heterocycles. The molecule has 0 unspecified atom stereocenters. The summed E-state index contributed by atoms with van der Waals surface area (Å²) >= 11 is 0. The first-order chi connectivity index (χ1) is 14.0. The molecule has 1 heterocycles. The van der Waals surface area contributed by atoms with Gasteiger partial charge in [-0.2, -0.15) is 0 Å². The van der Waals surface area contributed by atoms with E-state index in [1.165, 1.54) is 0 Å². The topological polar surface area (TPSA) is 84.9 Å². The molecule has 2 aromatic carbocycles. The second-order valence-electron chi connectivity index (χ2n) is 8.37. The number of ether oxygens (including phenoxy) is 2. The van der Waals surface area contributed by atoms with E-state index in [9.17, 15) is 13.2 Å². The van der Waals surface area contributed by atoms with Gasteiger partial charge >= 0.3 is 0 Å². The van der Waals surface area contributed by atoms with Crippen LogP contribution in [0.3, 0.4) is 0 Å². The molecule has 162 valence electrons. The maximum Gasteiger partial charge on any atom is 0.240 e. The van der Waals surface area contributed by atoms with Crippen LogP contribution in [0.2, 0.25) is 0 Å². The first-order valence-corrected chi connectivity index (χ1v) is 11.6. The van der Waals surface area contributed by atoms with Gasteiger partial charge in [-0.05, 0) is 35.2 Å². The molecule has 1 atom stereocenters. The van der Waals surface area contributed by atoms with Crippen molar-refractivity contribution in [1.82, 2.24) is 5.32 Å². The molecule has 3 rings (SSSR count). The fraction of sp³-hybridized carbons (Fsp3) is 0.409. The van der Waals surface area contributed by atoms with Crippen LogP contribution in [0.1, 0.15) is 26.3 Å². The number of hydrogen-bond acceptors (Lipinski definition) is 5. The molecule has 1 amide bonds. The lowest BCUT2D eigenvalue weighted by molar-refractivity contribution is -0.120. The van der Waals surface area contributed by atoms with Crippen molar-refractivity contribution in [1.29, 1.82) is 0 Å². The highest BCUT2D eigenvalue weighted by Gasteiger charge is 2.24. The summed E-state index contributed by atoms with van der Waals surface area (Å²) in [6, 6.07) is 14.5. The second kappa shape index (κ2) is 8.55. The molecule has 0 bridgehead atoms. The van der Waals surface area contributed by atoms with E-state index >= 15 is 0 Å². The second-order valence-corrected chi connectivity index (χ2v) is 10.3. The van der Waals surface area contributed by atoms with E-state index in [2.05, 4.69) is 26.1 Å². The number of anilines is 1. The molecular weight excluding hydrogens is 404 g/mol. The van der Waals surface area contributed by atoms with Crippen molar-refractivity contribution in [2.45, 2.75) is 32.3 Å². The average Bonchev–Trinajstić information content (AvgIpc) is 2.69. The first kappa shape index (κ1) is 22.0. The Morgan fingerprint density at radius 3 is 2.33 bits per heavy atom. The summed E-state index contributed by atoms with van der Waals surface area (Å²) in [5, 5.41) is 2.74. The van der Waals surface area contributed by atoms with Gasteiger partial charge in [-0.15, -0.1) is 0 Å². The van der Waals surface area contributed by atoms with Gasteiger partial charge in [-0.1, -0.05) is 45.0 Å². The molecule has 0 spiro atoms. The summed E-state index contributed by atoms with van der Waals surface area (Å²) < 4.78 is 37.1. The Bertz CT molecular complexity index is 997. The Kier molecular flexibility index (Phi) is 6.26. The van der Waals surface area contributed by atoms with Gasteiger partial charge in [0.25, 0.3) is 0 Å². The van der Waals surface area contributed by atoms with Crippen molar-refractivity contribution in [2.75, 3.05) is 30.3 Å². The van der Waals surface area contributed by atoms with Crippen molar-refractivity contribution in [3.05, 3.63) is 54.1 Å². The normalized spacial score (nSPS) is 16.1. The minimum absolute atomic E-state index is 0.0491. The average molecular weight is 433 g/mol. The van der Waals surface area contributed by atoms with E-state index in [4.69, 9.17) is 9.47 Å². The Hall–Kier alpha value is -2.74. The van der Waals surface area contributed by atoms with Gasteiger partial charge in [0.2, 0.25) is 15.9 Å². The highest BCUT2D eigenvalue weighted by Crippen LogP contribution is 2.30. The summed E-state index contributed by atoms with van der Waals surface area (Å²) in [4.78, 5) is 12.5. The van der Waals surface area contributed by atoms with E-state index in [1.807, 2.05) is 30.3 Å². The van der Waals surface area contributed by atoms with Gasteiger partial charge in [0, 0.05) is 0 Å². The fourth-order valence-corrected chi connectivity index (χ4v) is 3.96. The Morgan fingerprint density at radius 1 is 1.10 bits per heavy atom. The predicted molar refractivity (Wildman–Crippen MR) is 117 cm³/mol. The number of rotatable bonds is 6. The third kappa shape index (κ3) is 5.44. The van der Waals surface area contributed by atoms with Crippen molar-refractivity contribution in [3.63, 3.8) is 0 Å². The van der Waals surface area contributed by atoms with Crippen LogP contribution in [-0.2, 0) is 20.2 Å². The number of amides is 1. The molecule has 7 nitrogen and oxygen atoms in total. The molecule has 0 saturated heterocycles. The number of carbonyl (C=O) groups excluding carboxylic acids is 1. The molecule has 0 aliphatic carbocycles. The molecule has 1 aliphatic rings. The molecule has 8 heteroatoms. The maximum atomic E-state index is 12.5. The molecular formula is C22H28N2O5S. The summed E-state index contributed by atoms with van der Waals surface area (Å²) in [5.74, 6) is 0.879. The van der Waals surface area contributed by atoms with Crippen LogP contribution in [0.25, 0.3) is 0 Å². The Morgan fingerprint density at radius 2 is 1.73 bits per heavy atom. The molecule has 1 N–H and O–H groups in total. The van der Waals surface area contributed by atoms with Gasteiger partial charge in [-0.3, -0.25) is 9.10 Å². The summed E-state index contributed by atoms with van der Waals surface area (Å²) in [7, 11) is -3.63. The quantitative estimate of drug-likeness (QED) is 0.759. The number of para-hydroxylation sites is 2. The summed E-state index contributed by atoms with van der Waals surface area (Å²) in [5.41, 5.74) is 1.48. The number of carbonyl (C=O) groups is 1. The maximum absolute atomic E-state index is 12.5. The smallest absolute Gasteiger partial charge is 0.240 e. The molecule has 2 aromatic rings. The number of fused-ring (bicyclic) bond motifs is 1. The largest absolute Gasteiger partial charge is 0.486 e. The monoisotopic (exact) mass is 432 g/mol. The minimum atomic E-state index is -3.63. The molecule has 0 aromatic heterocycles. The highest BCUT2D eigenvalue weighted by atomic mass is 32.2. The van der Waals surface area contributed by atoms with Crippen molar-refractivity contribution < 1.29 is 22.7 Å². The number of benzene rings is 2. The molecule has 30 heavy (non-hydrogen) atoms. The molecule has 0 radical (unpaired) electrons. The summed E-state index contributed by atoms with van der Waals surface area (Å²) in [6.07, 6.45) is 0.745. The van der Waals surface area contributed by atoms with Crippen LogP contribution in [0, 0.1) is 0 Å². The van der Waals surface area contributed by atoms with Gasteiger partial charge in [-0.25, -0.2) is 8.42 Å². The Balaban J connectivity index is 1.62. The van der Waals surface area contributed by atoms with E-state index in [0.717, 1.165) is 16.1 Å². The first-order valence-electron chi connectivity index (χ1n) is 9.77. The van der Waals surface area contributed by atoms with Crippen molar-refractivity contribution in [3.8, 4) is 11.5 Å². The lowest BCUT2D eigenvalue weighted by atomic mass is 9.87. The predicted octanol–water partition coefficient (Wildman–Crippen LogP) is 2.71. The van der Waals surface area contributed by atoms with Crippen LogP contribution in [0.4, 0.5) is 5.69 Å². The lowest BCUT2D eigenvalue weighted by Gasteiger charge is -2.27. The van der Waals surface area contributed by atoms with Crippen LogP contribution < -0.4 is 19.1 Å². The van der Waals surface area contributed by atoms with Crippen molar-refractivity contribution in [2.24, 2.45) is 0 Å². The molecule has 0 fully saturated rings. The minimum Gasteiger partial charge on any atom is -0.486 e. The van der Waals surface area contributed by atoms with Gasteiger partial charge in [0.15, 0.2) is 11.5 Å². The number of nitrogens with one attached hydrogen (secondary N) is 1. The van der Waals surface area contributed by atoms with Gasteiger partial charge < -0.3 is 14.8 Å². The number of sulfonamides is 1. The SMILES string of the molecule is CC(C)(C)c1ccc(N(CC(=O)NC[C@H]2COc3ccccc3O2)S(C)(=O)=O)cc1. The third-order valence-electron chi connectivity index (χ3n) is 4.80. The van der Waals surface area contributed by atoms with E-state index in [0.29, 0.717) is 23.8 Å². The van der Waals surface area contributed by atoms with Gasteiger partial charge in [0.05, 0.1) is 18.5 Å². The standard InChI is InChI=1S/C22H28N2O5S/c1-22(2,3)16-9-11-17(12-10-16)24(30(4,26)27)14-21(25)23-13-18-15-28-19-7-5-6-8-20(19)29-18/h5-12,18H,13-15H2,1-4H3,(H,23,25)/t18-/m0/s1. The zero-order valence-electron chi connectivity index (χ0n) is 17.7. The zero-order valence-corrected chi connectivity index (χ0v) is 18.5. The highest BCUT2D eigenvalue weighted by molar-refractivity contribution is 7.92. The van der Waals surface area contributed by atoms with E-state index in [-0.39, 0.29) is 24.6 Å². The molecule has 0 saturated carbocycles. The third-order valence-corrected chi connectivity index (χ3v) is 5.94. The lowest BCUT2D eigenvalue weighted by Crippen LogP contribution is -2.45. The van der Waals surface area contributed by atoms with Gasteiger partial charge in [0.1, 0.15) is 19.3 Å². The zero-order chi connectivity index (χ0) is 21.9. The van der Waals surface area contributed by atoms with Crippen LogP contribution in [0.15, 0.2) is 48.5 Å².